The predicted octanol–water partition coefficient (Wildman–Crippen LogP) is 4.81. The van der Waals surface area contributed by atoms with Crippen LogP contribution in [-0.2, 0) is 4.79 Å². The number of hydrogen-bond donors (Lipinski definition) is 1. The molecule has 0 saturated carbocycles. The zero-order chi connectivity index (χ0) is 16.1. The third kappa shape index (κ3) is 11.7. The first-order valence-corrected chi connectivity index (χ1v) is 8.97. The van der Waals surface area contributed by atoms with Gasteiger partial charge in [0.05, 0.1) is 0 Å². The Labute approximate surface area is 132 Å². The minimum atomic E-state index is -0.641. The topological polar surface area (TPSA) is 40.5 Å². The summed E-state index contributed by atoms with van der Waals surface area (Å²) < 4.78 is 0. The lowest BCUT2D eigenvalue weighted by Crippen LogP contribution is -2.26. The number of rotatable bonds is 14. The second-order valence-corrected chi connectivity index (χ2v) is 6.46. The lowest BCUT2D eigenvalue weighted by Gasteiger charge is -2.23. The van der Waals surface area contributed by atoms with Crippen LogP contribution in [0.3, 0.4) is 0 Å². The number of carboxylic acids is 1. The van der Waals surface area contributed by atoms with Gasteiger partial charge in [-0.05, 0) is 44.3 Å². The fraction of sp³-hybridized carbons (Fsp3) is 0.944. The monoisotopic (exact) mass is 299 g/mol. The van der Waals surface area contributed by atoms with Crippen LogP contribution in [0.2, 0.25) is 0 Å². The Hall–Kier alpha value is -0.570. The van der Waals surface area contributed by atoms with Crippen LogP contribution in [0.1, 0.15) is 79.1 Å². The molecule has 0 heterocycles. The van der Waals surface area contributed by atoms with E-state index in [0.29, 0.717) is 12.3 Å². The van der Waals surface area contributed by atoms with Crippen molar-refractivity contribution < 1.29 is 9.90 Å². The molecule has 0 aliphatic heterocycles. The Kier molecular flexibility index (Phi) is 12.8. The average molecular weight is 299 g/mol. The van der Waals surface area contributed by atoms with Gasteiger partial charge in [0.2, 0.25) is 0 Å². The number of unbranched alkanes of at least 4 members (excludes halogenated alkanes) is 2. The molecule has 0 amide bonds. The van der Waals surface area contributed by atoms with Crippen molar-refractivity contribution in [1.29, 1.82) is 0 Å². The van der Waals surface area contributed by atoms with Gasteiger partial charge in [0.25, 0.3) is 0 Å². The van der Waals surface area contributed by atoms with Crippen LogP contribution in [0, 0.1) is 11.8 Å². The van der Waals surface area contributed by atoms with Crippen molar-refractivity contribution in [3.8, 4) is 0 Å². The summed E-state index contributed by atoms with van der Waals surface area (Å²) in [6.07, 6.45) is 8.83. The first-order valence-electron chi connectivity index (χ1n) is 8.97. The van der Waals surface area contributed by atoms with E-state index in [-0.39, 0.29) is 0 Å². The van der Waals surface area contributed by atoms with E-state index in [1.165, 1.54) is 32.1 Å². The van der Waals surface area contributed by atoms with Crippen LogP contribution in [0.25, 0.3) is 0 Å². The van der Waals surface area contributed by atoms with Crippen molar-refractivity contribution in [2.75, 3.05) is 19.6 Å². The van der Waals surface area contributed by atoms with Crippen molar-refractivity contribution in [1.82, 2.24) is 4.90 Å². The summed E-state index contributed by atoms with van der Waals surface area (Å²) in [7, 11) is 0. The predicted molar refractivity (Wildman–Crippen MR) is 90.7 cm³/mol. The average Bonchev–Trinajstić information content (AvgIpc) is 2.45. The van der Waals surface area contributed by atoms with Gasteiger partial charge in [-0.3, -0.25) is 4.79 Å². The maximum atomic E-state index is 11.0. The van der Waals surface area contributed by atoms with Gasteiger partial charge in [-0.1, -0.05) is 59.8 Å². The largest absolute Gasteiger partial charge is 0.481 e. The van der Waals surface area contributed by atoms with E-state index in [9.17, 15) is 4.79 Å². The van der Waals surface area contributed by atoms with Crippen molar-refractivity contribution in [3.05, 3.63) is 0 Å². The smallest absolute Gasteiger partial charge is 0.303 e. The molecule has 0 spiro atoms. The van der Waals surface area contributed by atoms with Gasteiger partial charge >= 0.3 is 5.97 Å². The van der Waals surface area contributed by atoms with Crippen LogP contribution >= 0.6 is 0 Å². The van der Waals surface area contributed by atoms with E-state index >= 15 is 0 Å². The molecule has 3 heteroatoms. The van der Waals surface area contributed by atoms with E-state index < -0.39 is 5.97 Å². The van der Waals surface area contributed by atoms with Gasteiger partial charge in [-0.2, -0.15) is 0 Å². The molecule has 0 aromatic carbocycles. The number of aliphatic carboxylic acids is 1. The van der Waals surface area contributed by atoms with Crippen LogP contribution in [-0.4, -0.2) is 35.6 Å². The minimum Gasteiger partial charge on any atom is -0.481 e. The van der Waals surface area contributed by atoms with E-state index in [1.54, 1.807) is 0 Å². The third-order valence-corrected chi connectivity index (χ3v) is 4.58. The lowest BCUT2D eigenvalue weighted by molar-refractivity contribution is -0.138. The summed E-state index contributed by atoms with van der Waals surface area (Å²) in [5.41, 5.74) is 0. The highest BCUT2D eigenvalue weighted by atomic mass is 16.4. The fourth-order valence-electron chi connectivity index (χ4n) is 2.91. The molecular formula is C18H37NO2. The van der Waals surface area contributed by atoms with E-state index in [1.807, 2.05) is 0 Å². The SMILES string of the molecule is CCCCCC(C)CCC(CCN(CC)CC)CC(=O)O. The van der Waals surface area contributed by atoms with E-state index in [4.69, 9.17) is 5.11 Å². The highest BCUT2D eigenvalue weighted by molar-refractivity contribution is 5.66. The molecule has 0 aromatic heterocycles. The molecule has 1 N–H and O–H groups in total. The van der Waals surface area contributed by atoms with Crippen molar-refractivity contribution in [2.45, 2.75) is 79.1 Å². The molecular weight excluding hydrogens is 262 g/mol. The van der Waals surface area contributed by atoms with Crippen molar-refractivity contribution in [3.63, 3.8) is 0 Å². The Morgan fingerprint density at radius 3 is 2.19 bits per heavy atom. The van der Waals surface area contributed by atoms with Crippen LogP contribution in [0.5, 0.6) is 0 Å². The quantitative estimate of drug-likeness (QED) is 0.468. The number of carbonyl (C=O) groups is 1. The van der Waals surface area contributed by atoms with Crippen LogP contribution < -0.4 is 0 Å². The fourth-order valence-corrected chi connectivity index (χ4v) is 2.91. The van der Waals surface area contributed by atoms with Gasteiger partial charge in [0.15, 0.2) is 0 Å². The molecule has 0 rings (SSSR count). The third-order valence-electron chi connectivity index (χ3n) is 4.58. The molecule has 3 nitrogen and oxygen atoms in total. The summed E-state index contributed by atoms with van der Waals surface area (Å²) in [5, 5.41) is 9.09. The van der Waals surface area contributed by atoms with Gasteiger partial charge in [0.1, 0.15) is 0 Å². The van der Waals surface area contributed by atoms with Gasteiger partial charge in [0, 0.05) is 6.42 Å². The molecule has 0 fully saturated rings. The summed E-state index contributed by atoms with van der Waals surface area (Å²) in [6.45, 7) is 12.1. The first-order chi connectivity index (χ1) is 10.0. The van der Waals surface area contributed by atoms with E-state index in [0.717, 1.165) is 38.4 Å². The Bertz CT molecular complexity index is 252. The number of nitrogens with zero attached hydrogens (tertiary/aromatic N) is 1. The summed E-state index contributed by atoms with van der Waals surface area (Å²) >= 11 is 0. The molecule has 0 aromatic rings. The molecule has 21 heavy (non-hydrogen) atoms. The number of carboxylic acid groups (broad SMARTS) is 1. The maximum absolute atomic E-state index is 11.0. The summed E-state index contributed by atoms with van der Waals surface area (Å²) in [6, 6.07) is 0. The van der Waals surface area contributed by atoms with Gasteiger partial charge in [-0.15, -0.1) is 0 Å². The standard InChI is InChI=1S/C18H37NO2/c1-5-8-9-10-16(4)11-12-17(15-18(20)21)13-14-19(6-2)7-3/h16-17H,5-15H2,1-4H3,(H,20,21). The summed E-state index contributed by atoms with van der Waals surface area (Å²) in [4.78, 5) is 13.4. The number of hydrogen-bond acceptors (Lipinski definition) is 2. The van der Waals surface area contributed by atoms with E-state index in [2.05, 4.69) is 32.6 Å². The zero-order valence-electron chi connectivity index (χ0n) is 14.7. The second-order valence-electron chi connectivity index (χ2n) is 6.46. The molecule has 0 saturated heterocycles. The normalized spacial score (nSPS) is 14.3. The van der Waals surface area contributed by atoms with Gasteiger partial charge in [-0.25, -0.2) is 0 Å². The summed E-state index contributed by atoms with van der Waals surface area (Å²) in [5.74, 6) is 0.441. The molecule has 2 atom stereocenters. The Balaban J connectivity index is 4.07. The van der Waals surface area contributed by atoms with Crippen molar-refractivity contribution >= 4 is 5.97 Å². The molecule has 0 aliphatic rings. The van der Waals surface area contributed by atoms with Crippen LogP contribution in [0.4, 0.5) is 0 Å². The van der Waals surface area contributed by atoms with Gasteiger partial charge < -0.3 is 10.0 Å². The minimum absolute atomic E-state index is 0.336. The molecule has 2 unspecified atom stereocenters. The second kappa shape index (κ2) is 13.1. The van der Waals surface area contributed by atoms with Crippen LogP contribution in [0.15, 0.2) is 0 Å². The lowest BCUT2D eigenvalue weighted by atomic mass is 9.89. The Morgan fingerprint density at radius 1 is 1.00 bits per heavy atom. The molecule has 126 valence electrons. The molecule has 0 radical (unpaired) electrons. The highest BCUT2D eigenvalue weighted by Gasteiger charge is 2.15. The highest BCUT2D eigenvalue weighted by Crippen LogP contribution is 2.22. The maximum Gasteiger partial charge on any atom is 0.303 e. The molecule has 0 aliphatic carbocycles. The first kappa shape index (κ1) is 20.4. The zero-order valence-corrected chi connectivity index (χ0v) is 14.7. The Morgan fingerprint density at radius 2 is 1.67 bits per heavy atom. The van der Waals surface area contributed by atoms with Crippen molar-refractivity contribution in [2.24, 2.45) is 11.8 Å². The molecule has 0 bridgehead atoms.